The lowest BCUT2D eigenvalue weighted by Gasteiger charge is -2.07. The van der Waals surface area contributed by atoms with E-state index < -0.39 is 0 Å². The molecular weight excluding hydrogens is 374 g/mol. The van der Waals surface area contributed by atoms with E-state index >= 15 is 0 Å². The minimum atomic E-state index is 0.663. The zero-order chi connectivity index (χ0) is 18.5. The Hall–Kier alpha value is -2.77. The fraction of sp³-hybridized carbons (Fsp3) is 0.100. The van der Waals surface area contributed by atoms with Crippen molar-refractivity contribution in [2.75, 3.05) is 0 Å². The summed E-state index contributed by atoms with van der Waals surface area (Å²) in [4.78, 5) is 9.05. The molecule has 0 saturated heterocycles. The number of thioether (sulfide) groups is 1. The van der Waals surface area contributed by atoms with E-state index in [1.807, 2.05) is 54.6 Å². The third-order valence-electron chi connectivity index (χ3n) is 3.85. The summed E-state index contributed by atoms with van der Waals surface area (Å²) in [5, 5.41) is 12.6. The number of rotatable bonds is 7. The third kappa shape index (κ3) is 3.99. The maximum atomic E-state index is 4.69. The summed E-state index contributed by atoms with van der Waals surface area (Å²) in [5.74, 6) is 1.58. The number of allylic oxidation sites excluding steroid dienone is 1. The lowest BCUT2D eigenvalue weighted by molar-refractivity contribution is 0.731. The molecular formula is C20H17N5S2. The second-order valence-electron chi connectivity index (χ2n) is 5.72. The summed E-state index contributed by atoms with van der Waals surface area (Å²) in [7, 11) is 0. The van der Waals surface area contributed by atoms with Gasteiger partial charge in [0.15, 0.2) is 11.0 Å². The van der Waals surface area contributed by atoms with E-state index in [2.05, 4.69) is 31.7 Å². The van der Waals surface area contributed by atoms with Crippen molar-refractivity contribution in [1.82, 2.24) is 24.7 Å². The molecule has 4 rings (SSSR count). The molecule has 3 heterocycles. The van der Waals surface area contributed by atoms with Gasteiger partial charge in [-0.15, -0.1) is 28.1 Å². The first-order chi connectivity index (χ1) is 13.3. The molecule has 0 aliphatic heterocycles. The fourth-order valence-electron chi connectivity index (χ4n) is 2.61. The molecule has 0 aliphatic rings. The molecule has 0 bridgehead atoms. The van der Waals surface area contributed by atoms with E-state index in [9.17, 15) is 0 Å². The number of hydrogen-bond acceptors (Lipinski definition) is 6. The molecule has 0 unspecified atom stereocenters. The van der Waals surface area contributed by atoms with E-state index in [0.717, 1.165) is 38.7 Å². The summed E-state index contributed by atoms with van der Waals surface area (Å²) in [6, 6.07) is 15.9. The molecule has 0 atom stereocenters. The van der Waals surface area contributed by atoms with E-state index in [0.29, 0.717) is 6.54 Å². The minimum absolute atomic E-state index is 0.663. The van der Waals surface area contributed by atoms with Crippen molar-refractivity contribution in [2.24, 2.45) is 0 Å². The van der Waals surface area contributed by atoms with Crippen molar-refractivity contribution in [3.8, 4) is 22.1 Å². The zero-order valence-electron chi connectivity index (χ0n) is 14.5. The predicted molar refractivity (Wildman–Crippen MR) is 111 cm³/mol. The topological polar surface area (TPSA) is 56.5 Å². The maximum Gasteiger partial charge on any atom is 0.192 e. The van der Waals surface area contributed by atoms with Crippen LogP contribution in [0.4, 0.5) is 0 Å². The quantitative estimate of drug-likeness (QED) is 0.330. The monoisotopic (exact) mass is 391 g/mol. The molecule has 3 aromatic heterocycles. The van der Waals surface area contributed by atoms with Crippen molar-refractivity contribution >= 4 is 23.1 Å². The lowest BCUT2D eigenvalue weighted by atomic mass is 10.2. The first kappa shape index (κ1) is 17.6. The molecule has 0 N–H and O–H groups in total. The van der Waals surface area contributed by atoms with Gasteiger partial charge in [-0.3, -0.25) is 9.55 Å². The van der Waals surface area contributed by atoms with Gasteiger partial charge in [-0.2, -0.15) is 0 Å². The van der Waals surface area contributed by atoms with Gasteiger partial charge in [0.1, 0.15) is 5.01 Å². The van der Waals surface area contributed by atoms with E-state index in [1.165, 1.54) is 0 Å². The van der Waals surface area contributed by atoms with Gasteiger partial charge in [0, 0.05) is 29.4 Å². The van der Waals surface area contributed by atoms with Gasteiger partial charge in [-0.25, -0.2) is 4.98 Å². The molecule has 1 aromatic carbocycles. The van der Waals surface area contributed by atoms with Crippen LogP contribution in [0.3, 0.4) is 0 Å². The number of thiazole rings is 1. The van der Waals surface area contributed by atoms with E-state index in [1.54, 1.807) is 29.3 Å². The van der Waals surface area contributed by atoms with Gasteiger partial charge in [0.05, 0.1) is 11.4 Å². The number of hydrogen-bond donors (Lipinski definition) is 0. The molecule has 0 fully saturated rings. The minimum Gasteiger partial charge on any atom is -0.298 e. The molecule has 134 valence electrons. The highest BCUT2D eigenvalue weighted by Gasteiger charge is 2.14. The highest BCUT2D eigenvalue weighted by molar-refractivity contribution is 7.98. The fourth-order valence-corrected chi connectivity index (χ4v) is 4.35. The maximum absolute atomic E-state index is 4.69. The molecule has 27 heavy (non-hydrogen) atoms. The highest BCUT2D eigenvalue weighted by atomic mass is 32.2. The van der Waals surface area contributed by atoms with E-state index in [-0.39, 0.29) is 0 Å². The number of nitrogens with zero attached hydrogens (tertiary/aromatic N) is 5. The second kappa shape index (κ2) is 8.28. The normalized spacial score (nSPS) is 10.8. The Morgan fingerprint density at radius 1 is 1.07 bits per heavy atom. The Kier molecular flexibility index (Phi) is 5.41. The molecule has 0 aliphatic carbocycles. The van der Waals surface area contributed by atoms with Crippen LogP contribution < -0.4 is 0 Å². The first-order valence-corrected chi connectivity index (χ1v) is 10.3. The van der Waals surface area contributed by atoms with Crippen molar-refractivity contribution in [2.45, 2.75) is 17.5 Å². The summed E-state index contributed by atoms with van der Waals surface area (Å²) in [5.41, 5.74) is 2.96. The largest absolute Gasteiger partial charge is 0.298 e. The van der Waals surface area contributed by atoms with Crippen LogP contribution in [0.25, 0.3) is 22.1 Å². The van der Waals surface area contributed by atoms with Crippen LogP contribution in [0, 0.1) is 0 Å². The van der Waals surface area contributed by atoms with Crippen LogP contribution in [0.5, 0.6) is 0 Å². The average molecular weight is 392 g/mol. The lowest BCUT2D eigenvalue weighted by Crippen LogP contribution is -2.00. The standard InChI is InChI=1S/C20H17N5S2/c1-2-12-25-18(15-8-4-3-5-9-15)23-24-20(25)27-14-16-13-26-19(22-16)17-10-6-7-11-21-17/h2-11,13H,1,12,14H2. The summed E-state index contributed by atoms with van der Waals surface area (Å²) in [6.45, 7) is 4.53. The van der Waals surface area contributed by atoms with Crippen LogP contribution in [-0.2, 0) is 12.3 Å². The first-order valence-electron chi connectivity index (χ1n) is 8.43. The van der Waals surface area contributed by atoms with Gasteiger partial charge < -0.3 is 0 Å². The molecule has 0 spiro atoms. The van der Waals surface area contributed by atoms with E-state index in [4.69, 9.17) is 4.98 Å². The smallest absolute Gasteiger partial charge is 0.192 e. The predicted octanol–water partition coefficient (Wildman–Crippen LogP) is 4.94. The number of benzene rings is 1. The average Bonchev–Trinajstić information content (AvgIpc) is 3.35. The van der Waals surface area contributed by atoms with Crippen LogP contribution in [-0.4, -0.2) is 24.7 Å². The Bertz CT molecular complexity index is 1020. The van der Waals surface area contributed by atoms with Crippen molar-refractivity contribution in [1.29, 1.82) is 0 Å². The van der Waals surface area contributed by atoms with Crippen LogP contribution in [0.2, 0.25) is 0 Å². The van der Waals surface area contributed by atoms with Crippen molar-refractivity contribution in [3.05, 3.63) is 78.5 Å². The van der Waals surface area contributed by atoms with Crippen molar-refractivity contribution < 1.29 is 0 Å². The zero-order valence-corrected chi connectivity index (χ0v) is 16.2. The number of pyridine rings is 1. The second-order valence-corrected chi connectivity index (χ2v) is 7.52. The molecule has 0 amide bonds. The van der Waals surface area contributed by atoms with Gasteiger partial charge in [0.2, 0.25) is 0 Å². The Balaban J connectivity index is 1.53. The molecule has 5 nitrogen and oxygen atoms in total. The number of aromatic nitrogens is 5. The molecule has 4 aromatic rings. The molecule has 0 saturated carbocycles. The Morgan fingerprint density at radius 2 is 1.93 bits per heavy atom. The van der Waals surface area contributed by atoms with Crippen molar-refractivity contribution in [3.63, 3.8) is 0 Å². The van der Waals surface area contributed by atoms with Crippen LogP contribution >= 0.6 is 23.1 Å². The summed E-state index contributed by atoms with van der Waals surface area (Å²) < 4.78 is 2.08. The van der Waals surface area contributed by atoms with Gasteiger partial charge in [0.25, 0.3) is 0 Å². The molecule has 7 heteroatoms. The summed E-state index contributed by atoms with van der Waals surface area (Å²) in [6.07, 6.45) is 3.65. The van der Waals surface area contributed by atoms with Gasteiger partial charge in [-0.05, 0) is 12.1 Å². The van der Waals surface area contributed by atoms with Gasteiger partial charge >= 0.3 is 0 Å². The van der Waals surface area contributed by atoms with Gasteiger partial charge in [-0.1, -0.05) is 54.2 Å². The van der Waals surface area contributed by atoms with Crippen LogP contribution in [0.1, 0.15) is 5.69 Å². The third-order valence-corrected chi connectivity index (χ3v) is 5.76. The molecule has 0 radical (unpaired) electrons. The Morgan fingerprint density at radius 3 is 2.70 bits per heavy atom. The SMILES string of the molecule is C=CCn1c(SCc2csc(-c3ccccn3)n2)nnc1-c1ccccc1. The summed E-state index contributed by atoms with van der Waals surface area (Å²) >= 11 is 3.24. The highest BCUT2D eigenvalue weighted by Crippen LogP contribution is 2.28. The Labute approximate surface area is 165 Å². The van der Waals surface area contributed by atoms with Crippen LogP contribution in [0.15, 0.2) is 77.9 Å².